The first kappa shape index (κ1) is 14.8. The fourth-order valence-electron chi connectivity index (χ4n) is 2.05. The van der Waals surface area contributed by atoms with Crippen molar-refractivity contribution in [1.29, 1.82) is 0 Å². The van der Waals surface area contributed by atoms with E-state index in [4.69, 9.17) is 0 Å². The summed E-state index contributed by atoms with van der Waals surface area (Å²) in [6.45, 7) is 4.23. The Balaban J connectivity index is 1.83. The van der Waals surface area contributed by atoms with Crippen molar-refractivity contribution >= 4 is 21.8 Å². The summed E-state index contributed by atoms with van der Waals surface area (Å²) in [5.74, 6) is -0.0160. The van der Waals surface area contributed by atoms with Gasteiger partial charge in [-0.05, 0) is 43.5 Å². The highest BCUT2D eigenvalue weighted by molar-refractivity contribution is 9.10. The molecule has 106 valence electrons. The molecule has 0 unspecified atom stereocenters. The van der Waals surface area contributed by atoms with Crippen molar-refractivity contribution < 1.29 is 4.79 Å². The molecule has 1 aromatic carbocycles. The predicted octanol–water partition coefficient (Wildman–Crippen LogP) is 2.70. The van der Waals surface area contributed by atoms with Gasteiger partial charge in [-0.15, -0.1) is 0 Å². The number of aryl methyl sites for hydroxylation is 1. The average molecular weight is 336 g/mol. The second kappa shape index (κ2) is 6.70. The number of benzene rings is 1. The zero-order valence-corrected chi connectivity index (χ0v) is 13.2. The van der Waals surface area contributed by atoms with Crippen molar-refractivity contribution in [2.24, 2.45) is 0 Å². The summed E-state index contributed by atoms with van der Waals surface area (Å²) >= 11 is 3.41. The first-order chi connectivity index (χ1) is 9.52. The lowest BCUT2D eigenvalue weighted by Gasteiger charge is -2.14. The van der Waals surface area contributed by atoms with Gasteiger partial charge < -0.3 is 5.32 Å². The number of nitrogens with zero attached hydrogens (tertiary/aromatic N) is 2. The van der Waals surface area contributed by atoms with Crippen molar-refractivity contribution in [3.63, 3.8) is 0 Å². The van der Waals surface area contributed by atoms with Crippen molar-refractivity contribution in [3.05, 3.63) is 52.3 Å². The maximum Gasteiger partial charge on any atom is 0.241 e. The molecule has 0 bridgehead atoms. The number of amides is 1. The van der Waals surface area contributed by atoms with Crippen molar-refractivity contribution in [2.75, 3.05) is 0 Å². The van der Waals surface area contributed by atoms with Crippen LogP contribution in [0.2, 0.25) is 0 Å². The Morgan fingerprint density at radius 1 is 1.40 bits per heavy atom. The maximum atomic E-state index is 11.9. The molecule has 20 heavy (non-hydrogen) atoms. The number of halogens is 1. The summed E-state index contributed by atoms with van der Waals surface area (Å²) < 4.78 is 2.71. The Kier molecular flexibility index (Phi) is 4.95. The second-order valence-electron chi connectivity index (χ2n) is 5.01. The molecule has 0 aliphatic carbocycles. The molecule has 1 amide bonds. The van der Waals surface area contributed by atoms with Crippen LogP contribution in [0.4, 0.5) is 0 Å². The number of hydrogen-bond donors (Lipinski definition) is 1. The molecule has 1 heterocycles. The highest BCUT2D eigenvalue weighted by Crippen LogP contribution is 2.11. The van der Waals surface area contributed by atoms with Gasteiger partial charge in [0.2, 0.25) is 5.91 Å². The highest BCUT2D eigenvalue weighted by atomic mass is 79.9. The molecule has 0 fully saturated rings. The molecule has 5 heteroatoms. The van der Waals surface area contributed by atoms with Gasteiger partial charge in [0.05, 0.1) is 6.20 Å². The van der Waals surface area contributed by atoms with Crippen molar-refractivity contribution in [1.82, 2.24) is 15.1 Å². The van der Waals surface area contributed by atoms with E-state index in [1.807, 2.05) is 32.2 Å². The number of carbonyl (C=O) groups is 1. The molecule has 1 atom stereocenters. The topological polar surface area (TPSA) is 46.9 Å². The second-order valence-corrected chi connectivity index (χ2v) is 5.93. The molecule has 0 saturated carbocycles. The van der Waals surface area contributed by atoms with Crippen molar-refractivity contribution in [3.8, 4) is 0 Å². The molecule has 0 radical (unpaired) electrons. The lowest BCUT2D eigenvalue weighted by molar-refractivity contribution is -0.122. The molecule has 1 N–H and O–H groups in total. The summed E-state index contributed by atoms with van der Waals surface area (Å²) in [7, 11) is 0. The minimum atomic E-state index is -0.0160. The summed E-state index contributed by atoms with van der Waals surface area (Å²) in [6.07, 6.45) is 4.43. The third-order valence-electron chi connectivity index (χ3n) is 2.93. The minimum absolute atomic E-state index is 0.0160. The number of aromatic nitrogens is 2. The molecule has 4 nitrogen and oxygen atoms in total. The minimum Gasteiger partial charge on any atom is -0.352 e. The number of rotatable bonds is 5. The van der Waals surface area contributed by atoms with Crippen LogP contribution in [-0.4, -0.2) is 21.7 Å². The Bertz CT molecular complexity index is 577. The molecule has 0 spiro atoms. The van der Waals surface area contributed by atoms with Gasteiger partial charge in [0.15, 0.2) is 0 Å². The fourth-order valence-corrected chi connectivity index (χ4v) is 2.31. The van der Waals surface area contributed by atoms with Crippen LogP contribution in [0.1, 0.15) is 18.1 Å². The van der Waals surface area contributed by atoms with E-state index < -0.39 is 0 Å². The lowest BCUT2D eigenvalue weighted by Crippen LogP contribution is -2.36. The van der Waals surface area contributed by atoms with E-state index in [0.717, 1.165) is 16.5 Å². The maximum absolute atomic E-state index is 11.9. The van der Waals surface area contributed by atoms with Crippen LogP contribution in [0.5, 0.6) is 0 Å². The summed E-state index contributed by atoms with van der Waals surface area (Å²) in [5, 5.41) is 7.10. The number of carbonyl (C=O) groups excluding carboxylic acids is 1. The van der Waals surface area contributed by atoms with Gasteiger partial charge in [0, 0.05) is 16.7 Å². The first-order valence-electron chi connectivity index (χ1n) is 6.56. The Labute approximate surface area is 127 Å². The number of nitrogens with one attached hydrogen (secondary N) is 1. The van der Waals surface area contributed by atoms with Crippen LogP contribution in [0.25, 0.3) is 0 Å². The average Bonchev–Trinajstić information content (AvgIpc) is 2.77. The van der Waals surface area contributed by atoms with E-state index in [-0.39, 0.29) is 18.5 Å². The molecule has 2 aromatic rings. The van der Waals surface area contributed by atoms with E-state index in [1.165, 1.54) is 5.56 Å². The van der Waals surface area contributed by atoms with Gasteiger partial charge in [0.1, 0.15) is 6.54 Å². The van der Waals surface area contributed by atoms with Gasteiger partial charge in [-0.1, -0.05) is 28.1 Å². The van der Waals surface area contributed by atoms with Gasteiger partial charge >= 0.3 is 0 Å². The van der Waals surface area contributed by atoms with Gasteiger partial charge in [-0.25, -0.2) is 0 Å². The predicted molar refractivity (Wildman–Crippen MR) is 82.4 cm³/mol. The molecule has 2 rings (SSSR count). The van der Waals surface area contributed by atoms with Crippen LogP contribution in [0, 0.1) is 6.92 Å². The lowest BCUT2D eigenvalue weighted by atomic mass is 10.1. The summed E-state index contributed by atoms with van der Waals surface area (Å²) in [6, 6.07) is 8.24. The van der Waals surface area contributed by atoms with E-state index in [0.29, 0.717) is 0 Å². The highest BCUT2D eigenvalue weighted by Gasteiger charge is 2.09. The standard InChI is InChI=1S/C15H18BrN3O/c1-11-8-17-19(9-11)10-15(20)18-12(2)7-13-3-5-14(16)6-4-13/h3-6,8-9,12H,7,10H2,1-2H3,(H,18,20)/t12-/m0/s1. The van der Waals surface area contributed by atoms with Crippen LogP contribution in [0.15, 0.2) is 41.1 Å². The smallest absolute Gasteiger partial charge is 0.241 e. The molecule has 0 aliphatic rings. The Morgan fingerprint density at radius 3 is 2.70 bits per heavy atom. The quantitative estimate of drug-likeness (QED) is 0.913. The fraction of sp³-hybridized carbons (Fsp3) is 0.333. The van der Waals surface area contributed by atoms with Crippen LogP contribution >= 0.6 is 15.9 Å². The van der Waals surface area contributed by atoms with Crippen LogP contribution in [-0.2, 0) is 17.8 Å². The zero-order chi connectivity index (χ0) is 14.5. The molecule has 0 aliphatic heterocycles. The van der Waals surface area contributed by atoms with Gasteiger partial charge in [-0.3, -0.25) is 9.48 Å². The monoisotopic (exact) mass is 335 g/mol. The van der Waals surface area contributed by atoms with Crippen LogP contribution < -0.4 is 5.32 Å². The Morgan fingerprint density at radius 2 is 2.10 bits per heavy atom. The Hall–Kier alpha value is -1.62. The van der Waals surface area contributed by atoms with Crippen LogP contribution in [0.3, 0.4) is 0 Å². The van der Waals surface area contributed by atoms with E-state index in [1.54, 1.807) is 10.9 Å². The number of hydrogen-bond acceptors (Lipinski definition) is 2. The normalized spacial score (nSPS) is 12.2. The third-order valence-corrected chi connectivity index (χ3v) is 3.46. The largest absolute Gasteiger partial charge is 0.352 e. The molecule has 0 saturated heterocycles. The third kappa shape index (κ3) is 4.49. The van der Waals surface area contributed by atoms with Crippen molar-refractivity contribution in [2.45, 2.75) is 32.9 Å². The first-order valence-corrected chi connectivity index (χ1v) is 7.35. The summed E-state index contributed by atoms with van der Waals surface area (Å²) in [4.78, 5) is 11.9. The van der Waals surface area contributed by atoms with E-state index >= 15 is 0 Å². The van der Waals surface area contributed by atoms with E-state index in [9.17, 15) is 4.79 Å². The van der Waals surface area contributed by atoms with Gasteiger partial charge in [-0.2, -0.15) is 5.10 Å². The zero-order valence-electron chi connectivity index (χ0n) is 11.6. The molecule has 1 aromatic heterocycles. The molecular formula is C15H18BrN3O. The van der Waals surface area contributed by atoms with Gasteiger partial charge in [0.25, 0.3) is 0 Å². The molecular weight excluding hydrogens is 318 g/mol. The summed E-state index contributed by atoms with van der Waals surface area (Å²) in [5.41, 5.74) is 2.26. The SMILES string of the molecule is Cc1cnn(CC(=O)N[C@@H](C)Cc2ccc(Br)cc2)c1. The van der Waals surface area contributed by atoms with E-state index in [2.05, 4.69) is 38.5 Å².